The predicted octanol–water partition coefficient (Wildman–Crippen LogP) is 3.20. The third kappa shape index (κ3) is 6.57. The van der Waals surface area contributed by atoms with Crippen LogP contribution in [0.2, 0.25) is 0 Å². The molecule has 1 aromatic heterocycles. The van der Waals surface area contributed by atoms with E-state index in [1.807, 2.05) is 25.1 Å². The molecular formula is C24H26N4O4. The van der Waals surface area contributed by atoms with Crippen LogP contribution < -0.4 is 16.0 Å². The molecule has 8 heteroatoms. The Morgan fingerprint density at radius 3 is 2.44 bits per heavy atom. The van der Waals surface area contributed by atoms with Crippen LogP contribution in [0.4, 0.5) is 5.69 Å². The quantitative estimate of drug-likeness (QED) is 0.366. The van der Waals surface area contributed by atoms with Crippen molar-refractivity contribution >= 4 is 29.5 Å². The maximum absolute atomic E-state index is 12.4. The summed E-state index contributed by atoms with van der Waals surface area (Å²) in [5, 5.41) is 17.2. The van der Waals surface area contributed by atoms with Gasteiger partial charge in [0.1, 0.15) is 23.2 Å². The number of anilines is 1. The van der Waals surface area contributed by atoms with Gasteiger partial charge in [-0.05, 0) is 44.0 Å². The maximum Gasteiger partial charge on any atom is 0.313 e. The lowest BCUT2D eigenvalue weighted by Crippen LogP contribution is -2.36. The number of hydrogen-bond acceptors (Lipinski definition) is 5. The lowest BCUT2D eigenvalue weighted by Gasteiger charge is -2.22. The van der Waals surface area contributed by atoms with Crippen LogP contribution in [0.15, 0.2) is 46.4 Å². The van der Waals surface area contributed by atoms with Gasteiger partial charge in [-0.15, -0.1) is 0 Å². The smallest absolute Gasteiger partial charge is 0.313 e. The number of nitriles is 1. The van der Waals surface area contributed by atoms with Crippen molar-refractivity contribution < 1.29 is 18.8 Å². The number of benzene rings is 1. The molecule has 0 radical (unpaired) electrons. The number of aryl methyl sites for hydroxylation is 1. The van der Waals surface area contributed by atoms with Gasteiger partial charge < -0.3 is 20.4 Å². The molecule has 0 saturated heterocycles. The minimum Gasteiger partial charge on any atom is -0.460 e. The molecule has 1 fully saturated rings. The minimum absolute atomic E-state index is 0.00977. The molecule has 0 bridgehead atoms. The largest absolute Gasteiger partial charge is 0.460 e. The van der Waals surface area contributed by atoms with Gasteiger partial charge in [0.15, 0.2) is 0 Å². The van der Waals surface area contributed by atoms with Crippen molar-refractivity contribution in [2.45, 2.75) is 51.6 Å². The molecule has 3 rings (SSSR count). The Morgan fingerprint density at radius 1 is 1.03 bits per heavy atom. The highest BCUT2D eigenvalue weighted by atomic mass is 16.3. The Balaban J connectivity index is 1.52. The van der Waals surface area contributed by atoms with Crippen LogP contribution >= 0.6 is 0 Å². The Bertz CT molecular complexity index is 1040. The van der Waals surface area contributed by atoms with E-state index in [9.17, 15) is 19.6 Å². The van der Waals surface area contributed by atoms with E-state index in [-0.39, 0.29) is 18.2 Å². The molecule has 0 aliphatic heterocycles. The van der Waals surface area contributed by atoms with Crippen LogP contribution in [-0.2, 0) is 20.9 Å². The van der Waals surface area contributed by atoms with E-state index < -0.39 is 17.7 Å². The first-order valence-corrected chi connectivity index (χ1v) is 10.6. The Hall–Kier alpha value is -3.86. The first-order chi connectivity index (χ1) is 15.4. The fourth-order valence-electron chi connectivity index (χ4n) is 3.44. The van der Waals surface area contributed by atoms with Crippen LogP contribution in [0.3, 0.4) is 0 Å². The van der Waals surface area contributed by atoms with Crippen LogP contribution in [0.25, 0.3) is 6.08 Å². The van der Waals surface area contributed by atoms with Crippen molar-refractivity contribution in [3.63, 3.8) is 0 Å². The Morgan fingerprint density at radius 2 is 1.75 bits per heavy atom. The number of nitrogens with one attached hydrogen (secondary N) is 3. The van der Waals surface area contributed by atoms with E-state index in [2.05, 4.69) is 16.0 Å². The van der Waals surface area contributed by atoms with Gasteiger partial charge in [0.25, 0.3) is 5.91 Å². The van der Waals surface area contributed by atoms with E-state index in [0.29, 0.717) is 17.2 Å². The summed E-state index contributed by atoms with van der Waals surface area (Å²) in [7, 11) is 0. The average Bonchev–Trinajstić information content (AvgIpc) is 3.25. The molecule has 1 aliphatic rings. The summed E-state index contributed by atoms with van der Waals surface area (Å²) < 4.78 is 5.56. The number of carbonyl (C=O) groups is 3. The van der Waals surface area contributed by atoms with Crippen molar-refractivity contribution in [3.8, 4) is 6.07 Å². The molecule has 0 unspecified atom stereocenters. The zero-order valence-electron chi connectivity index (χ0n) is 17.9. The molecule has 1 heterocycles. The van der Waals surface area contributed by atoms with E-state index >= 15 is 0 Å². The van der Waals surface area contributed by atoms with Gasteiger partial charge in [-0.1, -0.05) is 37.0 Å². The SMILES string of the molecule is Cc1ccc(NC(=O)C(=O)NCc2ccc(/C=C(/C#N)C(=O)NC3CCCCC3)o2)cc1. The van der Waals surface area contributed by atoms with Crippen molar-refractivity contribution in [1.29, 1.82) is 5.26 Å². The van der Waals surface area contributed by atoms with Crippen LogP contribution in [0, 0.1) is 18.3 Å². The first-order valence-electron chi connectivity index (χ1n) is 10.6. The second-order valence-corrected chi connectivity index (χ2v) is 7.79. The van der Waals surface area contributed by atoms with E-state index in [4.69, 9.17) is 4.42 Å². The third-order valence-electron chi connectivity index (χ3n) is 5.21. The number of hydrogen-bond donors (Lipinski definition) is 3. The molecule has 1 saturated carbocycles. The van der Waals surface area contributed by atoms with Gasteiger partial charge in [-0.2, -0.15) is 5.26 Å². The zero-order valence-corrected chi connectivity index (χ0v) is 17.9. The van der Waals surface area contributed by atoms with Gasteiger partial charge in [0.05, 0.1) is 6.54 Å². The zero-order chi connectivity index (χ0) is 22.9. The Labute approximate surface area is 186 Å². The van der Waals surface area contributed by atoms with Crippen molar-refractivity contribution in [1.82, 2.24) is 10.6 Å². The summed E-state index contributed by atoms with van der Waals surface area (Å²) in [4.78, 5) is 36.4. The first kappa shape index (κ1) is 22.8. The molecule has 8 nitrogen and oxygen atoms in total. The van der Waals surface area contributed by atoms with Crippen LogP contribution in [0.1, 0.15) is 49.2 Å². The molecule has 166 valence electrons. The molecular weight excluding hydrogens is 408 g/mol. The summed E-state index contributed by atoms with van der Waals surface area (Å²) in [5.41, 5.74) is 1.52. The second kappa shape index (κ2) is 11.0. The fourth-order valence-corrected chi connectivity index (χ4v) is 3.44. The van der Waals surface area contributed by atoms with Gasteiger partial charge in [-0.25, -0.2) is 0 Å². The van der Waals surface area contributed by atoms with Gasteiger partial charge in [0, 0.05) is 17.8 Å². The minimum atomic E-state index is -0.802. The highest BCUT2D eigenvalue weighted by molar-refractivity contribution is 6.39. The normalized spacial score (nSPS) is 14.3. The third-order valence-corrected chi connectivity index (χ3v) is 5.21. The topological polar surface area (TPSA) is 124 Å². The second-order valence-electron chi connectivity index (χ2n) is 7.79. The molecule has 32 heavy (non-hydrogen) atoms. The number of rotatable bonds is 6. The molecule has 1 aliphatic carbocycles. The summed E-state index contributed by atoms with van der Waals surface area (Å²) in [6.07, 6.45) is 6.54. The number of carbonyl (C=O) groups excluding carboxylic acids is 3. The van der Waals surface area contributed by atoms with Gasteiger partial charge >= 0.3 is 11.8 Å². The molecule has 3 amide bonds. The number of furan rings is 1. The fraction of sp³-hybridized carbons (Fsp3) is 0.333. The monoisotopic (exact) mass is 434 g/mol. The van der Waals surface area contributed by atoms with E-state index in [1.165, 1.54) is 12.5 Å². The van der Waals surface area contributed by atoms with Crippen LogP contribution in [-0.4, -0.2) is 23.8 Å². The molecule has 3 N–H and O–H groups in total. The molecule has 2 aromatic rings. The summed E-state index contributed by atoms with van der Waals surface area (Å²) >= 11 is 0. The number of nitrogens with zero attached hydrogens (tertiary/aromatic N) is 1. The highest BCUT2D eigenvalue weighted by Crippen LogP contribution is 2.18. The van der Waals surface area contributed by atoms with Gasteiger partial charge in [0.2, 0.25) is 0 Å². The summed E-state index contributed by atoms with van der Waals surface area (Å²) in [5.74, 6) is -1.31. The van der Waals surface area contributed by atoms with E-state index in [1.54, 1.807) is 24.3 Å². The van der Waals surface area contributed by atoms with E-state index in [0.717, 1.165) is 31.2 Å². The molecule has 0 spiro atoms. The molecule has 0 atom stereocenters. The van der Waals surface area contributed by atoms with Crippen molar-refractivity contribution in [3.05, 3.63) is 59.1 Å². The van der Waals surface area contributed by atoms with Crippen molar-refractivity contribution in [2.75, 3.05) is 5.32 Å². The maximum atomic E-state index is 12.4. The van der Waals surface area contributed by atoms with Crippen LogP contribution in [0.5, 0.6) is 0 Å². The lowest BCUT2D eigenvalue weighted by molar-refractivity contribution is -0.136. The summed E-state index contributed by atoms with van der Waals surface area (Å²) in [6.45, 7) is 1.91. The average molecular weight is 434 g/mol. The number of amides is 3. The predicted molar refractivity (Wildman–Crippen MR) is 119 cm³/mol. The standard InChI is InChI=1S/C24H26N4O4/c1-16-7-9-19(10-8-16)28-24(31)23(30)26-15-21-12-11-20(32-21)13-17(14-25)22(29)27-18-5-3-2-4-6-18/h7-13,18H,2-6,15H2,1H3,(H,26,30)(H,27,29)(H,28,31)/b17-13-. The van der Waals surface area contributed by atoms with Gasteiger partial charge in [-0.3, -0.25) is 14.4 Å². The lowest BCUT2D eigenvalue weighted by atomic mass is 9.95. The van der Waals surface area contributed by atoms with Crippen molar-refractivity contribution in [2.24, 2.45) is 0 Å². The highest BCUT2D eigenvalue weighted by Gasteiger charge is 2.19. The summed E-state index contributed by atoms with van der Waals surface area (Å²) in [6, 6.07) is 12.3. The molecule has 1 aromatic carbocycles. The Kier molecular flexibility index (Phi) is 7.81.